The van der Waals surface area contributed by atoms with Crippen LogP contribution in [0, 0.1) is 11.3 Å². The zero-order chi connectivity index (χ0) is 19.4. The number of ether oxygens (including phenoxy) is 2. The van der Waals surface area contributed by atoms with Crippen LogP contribution in [0.1, 0.15) is 33.6 Å². The first-order valence-corrected chi connectivity index (χ1v) is 8.59. The van der Waals surface area contributed by atoms with Gasteiger partial charge < -0.3 is 20.5 Å². The summed E-state index contributed by atoms with van der Waals surface area (Å²) in [7, 11) is 0. The standard InChI is InChI=1S/C18H26F3N3O2/c1-17(2,3)15-12(7-6-10-25-15)11-23-16(22)24-13-8-4-5-9-14(13)26-18(19,20)21/h4-5,8-9,12,15H,6-7,10-11H2,1-3H3,(H3,22,23,24). The molecule has 1 heterocycles. The number of nitrogens with zero attached hydrogens (tertiary/aromatic N) is 1. The van der Waals surface area contributed by atoms with Crippen molar-refractivity contribution in [1.82, 2.24) is 0 Å². The van der Waals surface area contributed by atoms with Crippen LogP contribution >= 0.6 is 0 Å². The molecule has 0 aromatic heterocycles. The number of anilines is 1. The summed E-state index contributed by atoms with van der Waals surface area (Å²) < 4.78 is 47.3. The van der Waals surface area contributed by atoms with E-state index < -0.39 is 6.36 Å². The second kappa shape index (κ2) is 8.16. The van der Waals surface area contributed by atoms with Crippen LogP contribution in [0.3, 0.4) is 0 Å². The van der Waals surface area contributed by atoms with Gasteiger partial charge in [0.2, 0.25) is 0 Å². The number of aliphatic imine (C=N–C) groups is 1. The Balaban J connectivity index is 2.04. The lowest BCUT2D eigenvalue weighted by Gasteiger charge is -2.39. The van der Waals surface area contributed by atoms with Crippen molar-refractivity contribution < 1.29 is 22.6 Å². The maximum atomic E-state index is 12.5. The molecule has 2 atom stereocenters. The maximum absolute atomic E-state index is 12.5. The highest BCUT2D eigenvalue weighted by molar-refractivity contribution is 5.93. The van der Waals surface area contributed by atoms with Crippen LogP contribution in [0.2, 0.25) is 0 Å². The van der Waals surface area contributed by atoms with E-state index in [1.54, 1.807) is 6.07 Å². The molecule has 2 unspecified atom stereocenters. The average Bonchev–Trinajstić information content (AvgIpc) is 2.53. The van der Waals surface area contributed by atoms with Crippen molar-refractivity contribution in [1.29, 1.82) is 0 Å². The summed E-state index contributed by atoms with van der Waals surface area (Å²) in [4.78, 5) is 4.31. The van der Waals surface area contributed by atoms with Crippen molar-refractivity contribution in [3.63, 3.8) is 0 Å². The summed E-state index contributed by atoms with van der Waals surface area (Å²) in [5, 5.41) is 2.69. The minimum Gasteiger partial charge on any atom is -0.404 e. The normalized spacial score (nSPS) is 22.2. The van der Waals surface area contributed by atoms with Gasteiger partial charge in [-0.15, -0.1) is 13.2 Å². The van der Waals surface area contributed by atoms with Crippen molar-refractivity contribution >= 4 is 11.6 Å². The SMILES string of the molecule is CC(C)(C)C1OCCCC1CN=C(N)Nc1ccccc1OC(F)(F)F. The summed E-state index contributed by atoms with van der Waals surface area (Å²) in [5.41, 5.74) is 5.96. The first kappa shape index (κ1) is 20.4. The molecule has 0 bridgehead atoms. The number of nitrogens with one attached hydrogen (secondary N) is 1. The lowest BCUT2D eigenvalue weighted by atomic mass is 9.78. The molecule has 146 valence electrons. The average molecular weight is 373 g/mol. The Morgan fingerprint density at radius 1 is 1.31 bits per heavy atom. The molecule has 1 fully saturated rings. The third-order valence-corrected chi connectivity index (χ3v) is 4.17. The van der Waals surface area contributed by atoms with Gasteiger partial charge in [0.25, 0.3) is 0 Å². The van der Waals surface area contributed by atoms with Crippen molar-refractivity contribution in [3.8, 4) is 5.75 Å². The van der Waals surface area contributed by atoms with Gasteiger partial charge in [-0.2, -0.15) is 0 Å². The van der Waals surface area contributed by atoms with Crippen LogP contribution in [0.15, 0.2) is 29.3 Å². The second-order valence-corrected chi connectivity index (χ2v) is 7.45. The van der Waals surface area contributed by atoms with Gasteiger partial charge in [0.15, 0.2) is 11.7 Å². The Labute approximate surface area is 151 Å². The number of nitrogens with two attached hydrogens (primary N) is 1. The third kappa shape index (κ3) is 6.09. The first-order chi connectivity index (χ1) is 12.1. The van der Waals surface area contributed by atoms with Gasteiger partial charge in [-0.1, -0.05) is 32.9 Å². The zero-order valence-corrected chi connectivity index (χ0v) is 15.3. The van der Waals surface area contributed by atoms with E-state index in [4.69, 9.17) is 10.5 Å². The Morgan fingerprint density at radius 3 is 2.65 bits per heavy atom. The summed E-state index contributed by atoms with van der Waals surface area (Å²) in [5.74, 6) is -0.0982. The quantitative estimate of drug-likeness (QED) is 0.614. The molecule has 8 heteroatoms. The van der Waals surface area contributed by atoms with E-state index in [0.717, 1.165) is 19.4 Å². The monoisotopic (exact) mass is 373 g/mol. The molecule has 1 aliphatic rings. The molecule has 2 rings (SSSR count). The molecule has 0 saturated carbocycles. The predicted octanol–water partition coefficient (Wildman–Crippen LogP) is 4.15. The molecule has 0 spiro atoms. The van der Waals surface area contributed by atoms with Gasteiger partial charge >= 0.3 is 6.36 Å². The molecule has 0 radical (unpaired) electrons. The number of benzene rings is 1. The minimum absolute atomic E-state index is 0.0179. The van der Waals surface area contributed by atoms with Gasteiger partial charge in [-0.05, 0) is 30.4 Å². The predicted molar refractivity (Wildman–Crippen MR) is 95.2 cm³/mol. The van der Waals surface area contributed by atoms with E-state index in [1.807, 2.05) is 0 Å². The van der Waals surface area contributed by atoms with E-state index in [-0.39, 0.29) is 34.8 Å². The van der Waals surface area contributed by atoms with Gasteiger partial charge in [-0.3, -0.25) is 4.99 Å². The van der Waals surface area contributed by atoms with Crippen molar-refractivity contribution in [2.24, 2.45) is 22.1 Å². The van der Waals surface area contributed by atoms with Crippen molar-refractivity contribution in [2.45, 2.75) is 46.1 Å². The van der Waals surface area contributed by atoms with Gasteiger partial charge in [0.1, 0.15) is 0 Å². The van der Waals surface area contributed by atoms with E-state index in [1.165, 1.54) is 18.2 Å². The lowest BCUT2D eigenvalue weighted by Crippen LogP contribution is -2.41. The van der Waals surface area contributed by atoms with Crippen LogP contribution in [-0.4, -0.2) is 31.6 Å². The summed E-state index contributed by atoms with van der Waals surface area (Å²) in [6.45, 7) is 7.53. The Hall–Kier alpha value is -1.96. The minimum atomic E-state index is -4.77. The first-order valence-electron chi connectivity index (χ1n) is 8.59. The topological polar surface area (TPSA) is 68.9 Å². The van der Waals surface area contributed by atoms with E-state index in [9.17, 15) is 13.2 Å². The number of hydrogen-bond donors (Lipinski definition) is 2. The van der Waals surface area contributed by atoms with Gasteiger partial charge in [0, 0.05) is 19.1 Å². The summed E-state index contributed by atoms with van der Waals surface area (Å²) in [6.07, 6.45) is -2.77. The van der Waals surface area contributed by atoms with Crippen LogP contribution in [0.4, 0.5) is 18.9 Å². The number of para-hydroxylation sites is 2. The Bertz CT molecular complexity index is 627. The van der Waals surface area contributed by atoms with Crippen LogP contribution in [0.25, 0.3) is 0 Å². The number of hydrogen-bond acceptors (Lipinski definition) is 3. The molecular weight excluding hydrogens is 347 g/mol. The summed E-state index contributed by atoms with van der Waals surface area (Å²) >= 11 is 0. The largest absolute Gasteiger partial charge is 0.573 e. The van der Waals surface area contributed by atoms with Crippen LogP contribution < -0.4 is 15.8 Å². The molecule has 26 heavy (non-hydrogen) atoms. The molecule has 0 aliphatic carbocycles. The molecule has 1 aliphatic heterocycles. The highest BCUT2D eigenvalue weighted by Crippen LogP contribution is 2.34. The smallest absolute Gasteiger partial charge is 0.404 e. The molecule has 1 aromatic rings. The molecule has 1 saturated heterocycles. The number of alkyl halides is 3. The molecular formula is C18H26F3N3O2. The second-order valence-electron chi connectivity index (χ2n) is 7.45. The number of halogens is 3. The van der Waals surface area contributed by atoms with Gasteiger partial charge in [0.05, 0.1) is 11.8 Å². The van der Waals surface area contributed by atoms with E-state index in [0.29, 0.717) is 6.54 Å². The number of rotatable bonds is 4. The fourth-order valence-electron chi connectivity index (χ4n) is 3.16. The van der Waals surface area contributed by atoms with Crippen molar-refractivity contribution in [3.05, 3.63) is 24.3 Å². The van der Waals surface area contributed by atoms with Crippen LogP contribution in [-0.2, 0) is 4.74 Å². The Kier molecular flexibility index (Phi) is 6.39. The molecule has 3 N–H and O–H groups in total. The third-order valence-electron chi connectivity index (χ3n) is 4.17. The van der Waals surface area contributed by atoms with Gasteiger partial charge in [-0.25, -0.2) is 0 Å². The fraction of sp³-hybridized carbons (Fsp3) is 0.611. The van der Waals surface area contributed by atoms with Crippen molar-refractivity contribution in [2.75, 3.05) is 18.5 Å². The number of guanidine groups is 1. The molecule has 5 nitrogen and oxygen atoms in total. The maximum Gasteiger partial charge on any atom is 0.573 e. The summed E-state index contributed by atoms with van der Waals surface area (Å²) in [6, 6.07) is 5.70. The zero-order valence-electron chi connectivity index (χ0n) is 15.3. The molecule has 0 amide bonds. The highest BCUT2D eigenvalue weighted by Gasteiger charge is 2.35. The van der Waals surface area contributed by atoms with Crippen LogP contribution in [0.5, 0.6) is 5.75 Å². The lowest BCUT2D eigenvalue weighted by molar-refractivity contribution is -0.274. The fourth-order valence-corrected chi connectivity index (χ4v) is 3.16. The highest BCUT2D eigenvalue weighted by atomic mass is 19.4. The van der Waals surface area contributed by atoms with E-state index in [2.05, 4.69) is 35.8 Å². The molecule has 1 aromatic carbocycles. The van der Waals surface area contributed by atoms with E-state index >= 15 is 0 Å². The Morgan fingerprint density at radius 2 is 2.00 bits per heavy atom.